The molecule has 3 rings (SSSR count). The van der Waals surface area contributed by atoms with E-state index in [1.807, 2.05) is 29.6 Å². The van der Waals surface area contributed by atoms with E-state index < -0.39 is 0 Å². The van der Waals surface area contributed by atoms with Gasteiger partial charge in [0, 0.05) is 42.8 Å². The molecule has 110 valence electrons. The topological polar surface area (TPSA) is 60.6 Å². The minimum Gasteiger partial charge on any atom is -0.361 e. The maximum Gasteiger partial charge on any atom is 0.182 e. The molecule has 3 aromatic rings. The van der Waals surface area contributed by atoms with Crippen molar-refractivity contribution in [3.05, 3.63) is 46.7 Å². The Hall–Kier alpha value is -1.67. The molecule has 0 fully saturated rings. The van der Waals surface area contributed by atoms with Gasteiger partial charge in [0.2, 0.25) is 0 Å². The molecule has 0 aliphatic heterocycles. The Bertz CT molecular complexity index is 674. The zero-order valence-corrected chi connectivity index (χ0v) is 13.7. The molecule has 0 radical (unpaired) electrons. The average molecular weight is 367 g/mol. The molecule has 0 atom stereocenters. The summed E-state index contributed by atoms with van der Waals surface area (Å²) in [4.78, 5) is 9.60. The molecule has 0 aromatic carbocycles. The van der Waals surface area contributed by atoms with E-state index in [0.717, 1.165) is 35.7 Å². The summed E-state index contributed by atoms with van der Waals surface area (Å²) in [6.45, 7) is 2.62. The van der Waals surface area contributed by atoms with Gasteiger partial charge in [0.25, 0.3) is 0 Å². The third-order valence-electron chi connectivity index (χ3n) is 2.90. The van der Waals surface area contributed by atoms with Crippen molar-refractivity contribution >= 4 is 32.4 Å². The highest BCUT2D eigenvalue weighted by Crippen LogP contribution is 2.19. The fraction of sp³-hybridized carbons (Fsp3) is 0.308. The molecular formula is C13H15BrN6S. The van der Waals surface area contributed by atoms with Gasteiger partial charge in [-0.05, 0) is 22.4 Å². The molecule has 6 nitrogen and oxygen atoms in total. The van der Waals surface area contributed by atoms with Gasteiger partial charge in [0.15, 0.2) is 5.13 Å². The zero-order valence-electron chi connectivity index (χ0n) is 11.3. The first-order valence-corrected chi connectivity index (χ1v) is 8.23. The SMILES string of the molecule is Brc1cnn(Cc2cnc(NCCCn3ccnc3)s2)c1. The van der Waals surface area contributed by atoms with Gasteiger partial charge in [-0.3, -0.25) is 4.68 Å². The Morgan fingerprint density at radius 1 is 1.33 bits per heavy atom. The minimum absolute atomic E-state index is 0.750. The van der Waals surface area contributed by atoms with Gasteiger partial charge in [0.1, 0.15) is 0 Å². The summed E-state index contributed by atoms with van der Waals surface area (Å²) in [5, 5.41) is 8.56. The summed E-state index contributed by atoms with van der Waals surface area (Å²) in [6, 6.07) is 0. The highest BCUT2D eigenvalue weighted by Gasteiger charge is 2.03. The van der Waals surface area contributed by atoms with Gasteiger partial charge in [-0.2, -0.15) is 5.10 Å². The number of nitrogens with one attached hydrogen (secondary N) is 1. The van der Waals surface area contributed by atoms with Crippen LogP contribution in [-0.2, 0) is 13.1 Å². The number of anilines is 1. The van der Waals surface area contributed by atoms with Crippen LogP contribution in [0.5, 0.6) is 0 Å². The molecule has 3 aromatic heterocycles. The Labute approximate surface area is 135 Å². The third kappa shape index (κ3) is 4.15. The molecule has 0 spiro atoms. The summed E-state index contributed by atoms with van der Waals surface area (Å²) in [7, 11) is 0. The molecule has 3 heterocycles. The van der Waals surface area contributed by atoms with Crippen molar-refractivity contribution in [2.75, 3.05) is 11.9 Å². The number of nitrogens with zero attached hydrogens (tertiary/aromatic N) is 5. The fourth-order valence-electron chi connectivity index (χ4n) is 1.92. The summed E-state index contributed by atoms with van der Waals surface area (Å²) >= 11 is 5.06. The van der Waals surface area contributed by atoms with Crippen molar-refractivity contribution in [3.8, 4) is 0 Å². The average Bonchev–Trinajstić information content (AvgIpc) is 3.19. The number of thiazole rings is 1. The van der Waals surface area contributed by atoms with Crippen LogP contribution in [0.15, 0.2) is 41.8 Å². The predicted molar refractivity (Wildman–Crippen MR) is 86.5 cm³/mol. The second-order valence-electron chi connectivity index (χ2n) is 4.57. The van der Waals surface area contributed by atoms with Crippen LogP contribution in [0.2, 0.25) is 0 Å². The molecule has 21 heavy (non-hydrogen) atoms. The van der Waals surface area contributed by atoms with Crippen molar-refractivity contribution in [1.29, 1.82) is 0 Å². The van der Waals surface area contributed by atoms with Crippen LogP contribution >= 0.6 is 27.3 Å². The van der Waals surface area contributed by atoms with Crippen LogP contribution in [0.1, 0.15) is 11.3 Å². The van der Waals surface area contributed by atoms with Gasteiger partial charge < -0.3 is 9.88 Å². The first-order valence-electron chi connectivity index (χ1n) is 6.62. The molecule has 8 heteroatoms. The van der Waals surface area contributed by atoms with E-state index in [0.29, 0.717) is 0 Å². The van der Waals surface area contributed by atoms with Crippen LogP contribution in [0.3, 0.4) is 0 Å². The van der Waals surface area contributed by atoms with E-state index in [-0.39, 0.29) is 0 Å². The third-order valence-corrected chi connectivity index (χ3v) is 4.25. The quantitative estimate of drug-likeness (QED) is 0.653. The van der Waals surface area contributed by atoms with Gasteiger partial charge in [-0.25, -0.2) is 9.97 Å². The lowest BCUT2D eigenvalue weighted by Crippen LogP contribution is -2.05. The Balaban J connectivity index is 1.44. The first kappa shape index (κ1) is 14.3. The molecule has 0 saturated carbocycles. The van der Waals surface area contributed by atoms with E-state index >= 15 is 0 Å². The largest absolute Gasteiger partial charge is 0.361 e. The molecular weight excluding hydrogens is 352 g/mol. The number of aryl methyl sites for hydroxylation is 1. The second kappa shape index (κ2) is 6.86. The molecule has 1 N–H and O–H groups in total. The zero-order chi connectivity index (χ0) is 14.5. The van der Waals surface area contributed by atoms with Gasteiger partial charge in [-0.1, -0.05) is 0 Å². The van der Waals surface area contributed by atoms with Crippen molar-refractivity contribution in [1.82, 2.24) is 24.3 Å². The lowest BCUT2D eigenvalue weighted by atomic mass is 10.4. The first-order chi connectivity index (χ1) is 10.3. The van der Waals surface area contributed by atoms with Crippen molar-refractivity contribution in [2.45, 2.75) is 19.5 Å². The second-order valence-corrected chi connectivity index (χ2v) is 6.60. The van der Waals surface area contributed by atoms with Crippen LogP contribution < -0.4 is 5.32 Å². The number of halogens is 1. The molecule has 0 unspecified atom stereocenters. The van der Waals surface area contributed by atoms with Crippen LogP contribution in [0, 0.1) is 0 Å². The normalized spacial score (nSPS) is 10.9. The number of aromatic nitrogens is 5. The summed E-state index contributed by atoms with van der Waals surface area (Å²) in [6.07, 6.45) is 12.3. The number of rotatable bonds is 7. The van der Waals surface area contributed by atoms with Crippen molar-refractivity contribution < 1.29 is 0 Å². The summed E-state index contributed by atoms with van der Waals surface area (Å²) < 4.78 is 4.95. The van der Waals surface area contributed by atoms with Crippen LogP contribution in [-0.4, -0.2) is 30.9 Å². The van der Waals surface area contributed by atoms with Crippen LogP contribution in [0.25, 0.3) is 0 Å². The predicted octanol–water partition coefficient (Wildman–Crippen LogP) is 2.85. The lowest BCUT2D eigenvalue weighted by molar-refractivity contribution is 0.660. The maximum absolute atomic E-state index is 4.39. The highest BCUT2D eigenvalue weighted by molar-refractivity contribution is 9.10. The number of imidazole rings is 1. The molecule has 0 saturated heterocycles. The smallest absolute Gasteiger partial charge is 0.182 e. The Kier molecular flexibility index (Phi) is 4.66. The molecule has 0 amide bonds. The van der Waals surface area contributed by atoms with E-state index in [9.17, 15) is 0 Å². The van der Waals surface area contributed by atoms with E-state index in [4.69, 9.17) is 0 Å². The fourth-order valence-corrected chi connectivity index (χ4v) is 3.08. The molecule has 0 aliphatic carbocycles. The maximum atomic E-state index is 4.39. The van der Waals surface area contributed by atoms with E-state index in [2.05, 4.69) is 40.9 Å². The van der Waals surface area contributed by atoms with Crippen molar-refractivity contribution in [3.63, 3.8) is 0 Å². The Morgan fingerprint density at radius 3 is 3.05 bits per heavy atom. The summed E-state index contributed by atoms with van der Waals surface area (Å²) in [5.74, 6) is 0. The molecule has 0 aliphatic rings. The standard InChI is InChI=1S/C13H15BrN6S/c14-11-6-18-20(8-11)9-12-7-17-13(21-12)16-2-1-4-19-5-3-15-10-19/h3,5-8,10H,1-2,4,9H2,(H,16,17). The lowest BCUT2D eigenvalue weighted by Gasteiger charge is -2.03. The monoisotopic (exact) mass is 366 g/mol. The van der Waals surface area contributed by atoms with Crippen molar-refractivity contribution in [2.24, 2.45) is 0 Å². The van der Waals surface area contributed by atoms with Gasteiger partial charge in [0.05, 0.1) is 23.5 Å². The number of hydrogen-bond donors (Lipinski definition) is 1. The van der Waals surface area contributed by atoms with Gasteiger partial charge >= 0.3 is 0 Å². The Morgan fingerprint density at radius 2 is 2.29 bits per heavy atom. The van der Waals surface area contributed by atoms with Crippen LogP contribution in [0.4, 0.5) is 5.13 Å². The highest BCUT2D eigenvalue weighted by atomic mass is 79.9. The van der Waals surface area contributed by atoms with Gasteiger partial charge in [-0.15, -0.1) is 11.3 Å². The number of hydrogen-bond acceptors (Lipinski definition) is 5. The molecule has 0 bridgehead atoms. The van der Waals surface area contributed by atoms with E-state index in [1.54, 1.807) is 23.7 Å². The van der Waals surface area contributed by atoms with E-state index in [1.165, 1.54) is 4.88 Å². The summed E-state index contributed by atoms with van der Waals surface area (Å²) in [5.41, 5.74) is 0. The minimum atomic E-state index is 0.750.